The third-order valence-corrected chi connectivity index (χ3v) is 6.61. The highest BCUT2D eigenvalue weighted by Gasteiger charge is 2.21. The number of carbonyl (C=O) groups is 1. The van der Waals surface area contributed by atoms with Crippen LogP contribution in [0.5, 0.6) is 0 Å². The summed E-state index contributed by atoms with van der Waals surface area (Å²) in [5, 5.41) is 0.826. The van der Waals surface area contributed by atoms with Crippen LogP contribution in [0.3, 0.4) is 0 Å². The zero-order valence-corrected chi connectivity index (χ0v) is 17.3. The molecule has 154 valence electrons. The van der Waals surface area contributed by atoms with Gasteiger partial charge in [0.15, 0.2) is 0 Å². The Morgan fingerprint density at radius 3 is 2.52 bits per heavy atom. The van der Waals surface area contributed by atoms with Crippen LogP contribution in [0, 0.1) is 6.92 Å². The number of nitrogens with zero attached hydrogens (tertiary/aromatic N) is 1. The number of esters is 1. The molecule has 0 bridgehead atoms. The zero-order valence-electron chi connectivity index (χ0n) is 16.5. The van der Waals surface area contributed by atoms with Crippen LogP contribution in [0.4, 0.5) is 4.39 Å². The first-order valence-electron chi connectivity index (χ1n) is 9.45. The minimum atomic E-state index is -3.74. The summed E-state index contributed by atoms with van der Waals surface area (Å²) >= 11 is 0. The maximum Gasteiger partial charge on any atom is 0.308 e. The number of benzene rings is 2. The lowest BCUT2D eigenvalue weighted by Crippen LogP contribution is -2.12. The van der Waals surface area contributed by atoms with Gasteiger partial charge in [-0.05, 0) is 49.9 Å². The second-order valence-electron chi connectivity index (χ2n) is 7.06. The molecule has 1 atom stereocenters. The Hall–Kier alpha value is -2.67. The number of para-hydroxylation sites is 1. The van der Waals surface area contributed by atoms with Gasteiger partial charge >= 0.3 is 5.97 Å². The molecule has 0 fully saturated rings. The van der Waals surface area contributed by atoms with E-state index < -0.39 is 22.2 Å². The molecule has 3 rings (SSSR count). The number of rotatable bonds is 8. The van der Waals surface area contributed by atoms with Crippen molar-refractivity contribution >= 4 is 26.9 Å². The second kappa shape index (κ2) is 8.78. The summed E-state index contributed by atoms with van der Waals surface area (Å²) in [6, 6.07) is 14.0. The highest BCUT2D eigenvalue weighted by atomic mass is 32.2. The van der Waals surface area contributed by atoms with E-state index in [-0.39, 0.29) is 17.7 Å². The number of halogens is 1. The van der Waals surface area contributed by atoms with Crippen LogP contribution in [-0.2, 0) is 26.0 Å². The third kappa shape index (κ3) is 4.67. The number of hydrogen-bond acceptors (Lipinski definition) is 4. The summed E-state index contributed by atoms with van der Waals surface area (Å²) in [6.07, 6.45) is 1.30. The Kier molecular flexibility index (Phi) is 6.37. The van der Waals surface area contributed by atoms with E-state index in [1.54, 1.807) is 42.6 Å². The minimum absolute atomic E-state index is 0.208. The van der Waals surface area contributed by atoms with Gasteiger partial charge in [-0.3, -0.25) is 4.79 Å². The molecule has 7 heteroatoms. The number of ether oxygens (including phenoxy) is 1. The summed E-state index contributed by atoms with van der Waals surface area (Å²) in [6.45, 7) is 1.90. The van der Waals surface area contributed by atoms with Gasteiger partial charge in [-0.1, -0.05) is 35.9 Å². The summed E-state index contributed by atoms with van der Waals surface area (Å²) in [7, 11) is -2.51. The fourth-order valence-electron chi connectivity index (χ4n) is 3.32. The van der Waals surface area contributed by atoms with Crippen LogP contribution in [0.15, 0.2) is 59.6 Å². The van der Waals surface area contributed by atoms with Crippen LogP contribution in [0.2, 0.25) is 0 Å². The van der Waals surface area contributed by atoms with Crippen molar-refractivity contribution in [1.29, 1.82) is 0 Å². The average molecular weight is 418 g/mol. The minimum Gasteiger partial charge on any atom is -0.469 e. The van der Waals surface area contributed by atoms with Crippen molar-refractivity contribution in [2.45, 2.75) is 43.7 Å². The highest BCUT2D eigenvalue weighted by molar-refractivity contribution is 7.90. The van der Waals surface area contributed by atoms with E-state index >= 15 is 0 Å². The lowest BCUT2D eigenvalue weighted by molar-refractivity contribution is -0.141. The van der Waals surface area contributed by atoms with E-state index in [0.29, 0.717) is 18.4 Å². The SMILES string of the molecule is COC(=O)CC(F)CCCc1cn(S(=O)(=O)c2ccc(C)cc2)c2ccccc12. The molecule has 0 aliphatic carbocycles. The standard InChI is InChI=1S/C22H24FNO4S/c1-16-10-12-19(13-11-16)29(26,27)24-15-17(20-8-3-4-9-21(20)24)6-5-7-18(23)14-22(25)28-2/h3-4,8-13,15,18H,5-7,14H2,1-2H3. The molecule has 0 N–H and O–H groups in total. The Morgan fingerprint density at radius 1 is 1.14 bits per heavy atom. The van der Waals surface area contributed by atoms with Gasteiger partial charge in [0.25, 0.3) is 10.0 Å². The normalized spacial score (nSPS) is 12.8. The molecule has 0 amide bonds. The average Bonchev–Trinajstić information content (AvgIpc) is 3.08. The molecule has 1 unspecified atom stereocenters. The molecule has 2 aromatic carbocycles. The van der Waals surface area contributed by atoms with E-state index in [0.717, 1.165) is 16.5 Å². The number of aromatic nitrogens is 1. The number of fused-ring (bicyclic) bond motifs is 1. The number of carbonyl (C=O) groups excluding carboxylic acids is 1. The van der Waals surface area contributed by atoms with Crippen molar-refractivity contribution < 1.29 is 22.3 Å². The van der Waals surface area contributed by atoms with Crippen LogP contribution >= 0.6 is 0 Å². The molecule has 1 aromatic heterocycles. The van der Waals surface area contributed by atoms with Gasteiger partial charge in [-0.25, -0.2) is 16.8 Å². The van der Waals surface area contributed by atoms with E-state index in [9.17, 15) is 17.6 Å². The number of aryl methyl sites for hydroxylation is 2. The molecular formula is C22H24FNO4S. The topological polar surface area (TPSA) is 65.4 Å². The Balaban J connectivity index is 1.86. The first-order valence-corrected chi connectivity index (χ1v) is 10.9. The van der Waals surface area contributed by atoms with Gasteiger partial charge < -0.3 is 4.74 Å². The maximum absolute atomic E-state index is 13.9. The van der Waals surface area contributed by atoms with Crippen LogP contribution in [0.25, 0.3) is 10.9 Å². The molecule has 0 saturated carbocycles. The van der Waals surface area contributed by atoms with E-state index in [1.165, 1.54) is 11.1 Å². The van der Waals surface area contributed by atoms with Crippen LogP contribution < -0.4 is 0 Å². The molecule has 0 aliphatic heterocycles. The fraction of sp³-hybridized carbons (Fsp3) is 0.318. The number of hydrogen-bond donors (Lipinski definition) is 0. The Bertz CT molecular complexity index is 1100. The van der Waals surface area contributed by atoms with E-state index in [4.69, 9.17) is 0 Å². The smallest absolute Gasteiger partial charge is 0.308 e. The van der Waals surface area contributed by atoms with Crippen molar-refractivity contribution in [3.63, 3.8) is 0 Å². The van der Waals surface area contributed by atoms with Gasteiger partial charge in [0, 0.05) is 11.6 Å². The van der Waals surface area contributed by atoms with E-state index in [1.807, 2.05) is 19.1 Å². The monoisotopic (exact) mass is 417 g/mol. The number of alkyl halides is 1. The van der Waals surface area contributed by atoms with Crippen LogP contribution in [-0.4, -0.2) is 31.6 Å². The van der Waals surface area contributed by atoms with Gasteiger partial charge in [0.1, 0.15) is 6.17 Å². The number of methoxy groups -OCH3 is 1. The van der Waals surface area contributed by atoms with Gasteiger partial charge in [0.05, 0.1) is 23.9 Å². The lowest BCUT2D eigenvalue weighted by atomic mass is 10.0. The second-order valence-corrected chi connectivity index (χ2v) is 8.87. The van der Waals surface area contributed by atoms with E-state index in [2.05, 4.69) is 4.74 Å². The fourth-order valence-corrected chi connectivity index (χ4v) is 4.71. The third-order valence-electron chi connectivity index (χ3n) is 4.92. The molecule has 29 heavy (non-hydrogen) atoms. The Morgan fingerprint density at radius 2 is 1.83 bits per heavy atom. The molecule has 0 saturated heterocycles. The van der Waals surface area contributed by atoms with Crippen molar-refractivity contribution in [3.8, 4) is 0 Å². The van der Waals surface area contributed by atoms with Gasteiger partial charge in [0.2, 0.25) is 0 Å². The first kappa shape index (κ1) is 21.0. The van der Waals surface area contributed by atoms with Gasteiger partial charge in [-0.15, -0.1) is 0 Å². The maximum atomic E-state index is 13.9. The van der Waals surface area contributed by atoms with Crippen molar-refractivity contribution in [1.82, 2.24) is 3.97 Å². The summed E-state index contributed by atoms with van der Waals surface area (Å²) in [5.74, 6) is -0.571. The van der Waals surface area contributed by atoms with Gasteiger partial charge in [-0.2, -0.15) is 0 Å². The van der Waals surface area contributed by atoms with Crippen LogP contribution in [0.1, 0.15) is 30.4 Å². The molecule has 0 radical (unpaired) electrons. The molecule has 0 aliphatic rings. The van der Waals surface area contributed by atoms with Crippen molar-refractivity contribution in [3.05, 3.63) is 65.9 Å². The zero-order chi connectivity index (χ0) is 21.0. The largest absolute Gasteiger partial charge is 0.469 e. The molecule has 3 aromatic rings. The summed E-state index contributed by atoms with van der Waals surface area (Å²) in [5.41, 5.74) is 2.41. The molecule has 0 spiro atoms. The predicted molar refractivity (Wildman–Crippen MR) is 110 cm³/mol. The molecule has 1 heterocycles. The molecule has 5 nitrogen and oxygen atoms in total. The summed E-state index contributed by atoms with van der Waals surface area (Å²) < 4.78 is 46.0. The summed E-state index contributed by atoms with van der Waals surface area (Å²) in [4.78, 5) is 11.4. The first-order chi connectivity index (χ1) is 13.8. The molecular weight excluding hydrogens is 393 g/mol. The quantitative estimate of drug-likeness (QED) is 0.509. The highest BCUT2D eigenvalue weighted by Crippen LogP contribution is 2.27. The Labute approximate surface area is 170 Å². The lowest BCUT2D eigenvalue weighted by Gasteiger charge is -2.08. The van der Waals surface area contributed by atoms with Crippen molar-refractivity contribution in [2.75, 3.05) is 7.11 Å². The predicted octanol–water partition coefficient (Wildman–Crippen LogP) is 4.41. The van der Waals surface area contributed by atoms with Crippen molar-refractivity contribution in [2.24, 2.45) is 0 Å².